The van der Waals surface area contributed by atoms with Crippen LogP contribution in [-0.2, 0) is 9.84 Å². The topological polar surface area (TPSA) is 58.9 Å². The van der Waals surface area contributed by atoms with E-state index < -0.39 is 9.84 Å². The first-order valence-corrected chi connectivity index (χ1v) is 7.48. The van der Waals surface area contributed by atoms with Crippen molar-refractivity contribution in [2.24, 2.45) is 10.2 Å². The van der Waals surface area contributed by atoms with E-state index in [0.29, 0.717) is 10.0 Å². The average molecular weight is 313 g/mol. The molecule has 96 valence electrons. The fourth-order valence-electron chi connectivity index (χ4n) is 1.82. The first-order valence-electron chi connectivity index (χ1n) is 5.24. The van der Waals surface area contributed by atoms with Gasteiger partial charge in [-0.25, -0.2) is 8.42 Å². The Kier molecular flexibility index (Phi) is 2.85. The lowest BCUT2D eigenvalue weighted by Gasteiger charge is -2.06. The molecule has 0 fully saturated rings. The van der Waals surface area contributed by atoms with Gasteiger partial charge in [0, 0.05) is 10.0 Å². The molecule has 2 aromatic rings. The van der Waals surface area contributed by atoms with Crippen molar-refractivity contribution in [3.8, 4) is 0 Å². The first-order chi connectivity index (χ1) is 8.98. The van der Waals surface area contributed by atoms with Gasteiger partial charge in [0.25, 0.3) is 0 Å². The molecule has 0 aromatic heterocycles. The molecule has 0 atom stereocenters. The number of halogens is 2. The van der Waals surface area contributed by atoms with Gasteiger partial charge in [-0.2, -0.15) is 0 Å². The van der Waals surface area contributed by atoms with E-state index in [1.165, 1.54) is 36.4 Å². The molecule has 19 heavy (non-hydrogen) atoms. The van der Waals surface area contributed by atoms with E-state index in [4.69, 9.17) is 23.2 Å². The molecule has 0 radical (unpaired) electrons. The predicted octanol–water partition coefficient (Wildman–Crippen LogP) is 4.56. The van der Waals surface area contributed by atoms with Crippen LogP contribution in [0.15, 0.2) is 56.4 Å². The van der Waals surface area contributed by atoms with Crippen LogP contribution in [0.1, 0.15) is 0 Å². The number of hydrogen-bond acceptors (Lipinski definition) is 4. The molecule has 3 rings (SSSR count). The van der Waals surface area contributed by atoms with E-state index >= 15 is 0 Å². The highest BCUT2D eigenvalue weighted by molar-refractivity contribution is 7.91. The van der Waals surface area contributed by atoms with Crippen molar-refractivity contribution in [3.63, 3.8) is 0 Å². The maximum absolute atomic E-state index is 12.5. The van der Waals surface area contributed by atoms with Gasteiger partial charge >= 0.3 is 0 Å². The van der Waals surface area contributed by atoms with Gasteiger partial charge in [0.05, 0.1) is 9.79 Å². The maximum Gasteiger partial charge on any atom is 0.210 e. The van der Waals surface area contributed by atoms with Crippen LogP contribution in [0.3, 0.4) is 0 Å². The Hall–Kier alpha value is -1.43. The number of hydrogen-bond donors (Lipinski definition) is 0. The summed E-state index contributed by atoms with van der Waals surface area (Å²) in [7, 11) is -3.68. The van der Waals surface area contributed by atoms with Gasteiger partial charge in [-0.15, -0.1) is 10.2 Å². The van der Waals surface area contributed by atoms with Crippen molar-refractivity contribution < 1.29 is 8.42 Å². The summed E-state index contributed by atoms with van der Waals surface area (Å²) in [5.41, 5.74) is 0.444. The lowest BCUT2D eigenvalue weighted by molar-refractivity contribution is 0.597. The molecule has 1 aliphatic rings. The second kappa shape index (κ2) is 4.30. The van der Waals surface area contributed by atoms with Crippen molar-refractivity contribution in [3.05, 3.63) is 46.4 Å². The first kappa shape index (κ1) is 12.6. The Morgan fingerprint density at radius 3 is 1.63 bits per heavy atom. The van der Waals surface area contributed by atoms with Crippen LogP contribution < -0.4 is 0 Å². The van der Waals surface area contributed by atoms with E-state index in [0.717, 1.165) is 0 Å². The SMILES string of the molecule is O=S1(=O)c2ccc(Cl)cc2N=Nc2cc(Cl)ccc21. The van der Waals surface area contributed by atoms with Crippen LogP contribution >= 0.6 is 23.2 Å². The quantitative estimate of drug-likeness (QED) is 0.611. The second-order valence-electron chi connectivity index (χ2n) is 3.93. The normalized spacial score (nSPS) is 15.5. The summed E-state index contributed by atoms with van der Waals surface area (Å²) in [6.07, 6.45) is 0. The smallest absolute Gasteiger partial charge is 0.210 e. The highest BCUT2D eigenvalue weighted by Gasteiger charge is 2.27. The van der Waals surface area contributed by atoms with Crippen LogP contribution in [0, 0.1) is 0 Å². The van der Waals surface area contributed by atoms with Gasteiger partial charge in [-0.1, -0.05) is 23.2 Å². The third-order valence-electron chi connectivity index (χ3n) is 2.69. The molecule has 0 N–H and O–H groups in total. The van der Waals surface area contributed by atoms with Gasteiger partial charge in [0.2, 0.25) is 9.84 Å². The molecule has 0 spiro atoms. The number of sulfone groups is 1. The van der Waals surface area contributed by atoms with Crippen LogP contribution in [0.5, 0.6) is 0 Å². The van der Waals surface area contributed by atoms with Crippen LogP contribution in [0.4, 0.5) is 11.4 Å². The molecule has 0 saturated heterocycles. The van der Waals surface area contributed by atoms with Crippen molar-refractivity contribution in [1.29, 1.82) is 0 Å². The zero-order valence-corrected chi connectivity index (χ0v) is 11.7. The van der Waals surface area contributed by atoms with Crippen LogP contribution in [0.25, 0.3) is 0 Å². The predicted molar refractivity (Wildman–Crippen MR) is 72.5 cm³/mol. The van der Waals surface area contributed by atoms with Gasteiger partial charge < -0.3 is 0 Å². The molecule has 0 saturated carbocycles. The van der Waals surface area contributed by atoms with E-state index in [-0.39, 0.29) is 21.2 Å². The Balaban J connectivity index is 2.38. The van der Waals surface area contributed by atoms with E-state index in [9.17, 15) is 8.42 Å². The molecule has 0 bridgehead atoms. The van der Waals surface area contributed by atoms with Crippen molar-refractivity contribution >= 4 is 44.4 Å². The van der Waals surface area contributed by atoms with E-state index in [1.807, 2.05) is 0 Å². The number of nitrogens with zero attached hydrogens (tertiary/aromatic N) is 2. The maximum atomic E-state index is 12.5. The standard InChI is InChI=1S/C12H6Cl2N2O2S/c13-7-1-3-11-9(5-7)15-16-10-6-8(14)2-4-12(10)19(11,17)18/h1-6H. The summed E-state index contributed by atoms with van der Waals surface area (Å²) in [6, 6.07) is 8.80. The minimum Gasteiger partial charge on any atom is -0.218 e. The van der Waals surface area contributed by atoms with E-state index in [1.54, 1.807) is 0 Å². The molecular formula is C12H6Cl2N2O2S. The number of benzene rings is 2. The van der Waals surface area contributed by atoms with Gasteiger partial charge in [-0.05, 0) is 36.4 Å². The van der Waals surface area contributed by atoms with Crippen molar-refractivity contribution in [2.45, 2.75) is 9.79 Å². The highest BCUT2D eigenvalue weighted by atomic mass is 35.5. The van der Waals surface area contributed by atoms with E-state index in [2.05, 4.69) is 10.2 Å². The Bertz CT molecular complexity index is 755. The van der Waals surface area contributed by atoms with Crippen LogP contribution in [0.2, 0.25) is 10.0 Å². The summed E-state index contributed by atoms with van der Waals surface area (Å²) < 4.78 is 25.1. The largest absolute Gasteiger partial charge is 0.218 e. The minimum absolute atomic E-state index is 0.0849. The Morgan fingerprint density at radius 2 is 1.21 bits per heavy atom. The number of fused-ring (bicyclic) bond motifs is 2. The molecule has 2 aromatic carbocycles. The van der Waals surface area contributed by atoms with Crippen molar-refractivity contribution in [1.82, 2.24) is 0 Å². The summed E-state index contributed by atoms with van der Waals surface area (Å²) in [6.45, 7) is 0. The summed E-state index contributed by atoms with van der Waals surface area (Å²) in [4.78, 5) is 0.170. The van der Waals surface area contributed by atoms with Gasteiger partial charge in [0.1, 0.15) is 11.4 Å². The zero-order chi connectivity index (χ0) is 13.6. The van der Waals surface area contributed by atoms with Crippen LogP contribution in [-0.4, -0.2) is 8.42 Å². The van der Waals surface area contributed by atoms with Gasteiger partial charge in [-0.3, -0.25) is 0 Å². The molecule has 1 heterocycles. The Morgan fingerprint density at radius 1 is 0.789 bits per heavy atom. The zero-order valence-electron chi connectivity index (χ0n) is 9.34. The molecule has 7 heteroatoms. The number of rotatable bonds is 0. The fraction of sp³-hybridized carbons (Fsp3) is 0. The highest BCUT2D eigenvalue weighted by Crippen LogP contribution is 2.40. The third-order valence-corrected chi connectivity index (χ3v) is 5.01. The molecule has 4 nitrogen and oxygen atoms in total. The third kappa shape index (κ3) is 2.04. The monoisotopic (exact) mass is 312 g/mol. The lowest BCUT2D eigenvalue weighted by atomic mass is 10.3. The summed E-state index contributed by atoms with van der Waals surface area (Å²) >= 11 is 11.7. The lowest BCUT2D eigenvalue weighted by Crippen LogP contribution is -2.01. The molecule has 0 unspecified atom stereocenters. The van der Waals surface area contributed by atoms with Crippen molar-refractivity contribution in [2.75, 3.05) is 0 Å². The minimum atomic E-state index is -3.68. The van der Waals surface area contributed by atoms with Gasteiger partial charge in [0.15, 0.2) is 0 Å². The Labute approximate surface area is 119 Å². The number of azo groups is 1. The molecular weight excluding hydrogens is 307 g/mol. The summed E-state index contributed by atoms with van der Waals surface area (Å²) in [5.74, 6) is 0. The molecule has 0 amide bonds. The molecule has 1 aliphatic heterocycles. The average Bonchev–Trinajstić information content (AvgIpc) is 2.45. The fourth-order valence-corrected chi connectivity index (χ4v) is 3.63. The molecule has 0 aliphatic carbocycles. The summed E-state index contributed by atoms with van der Waals surface area (Å²) in [5, 5.41) is 8.66. The second-order valence-corrected chi connectivity index (χ2v) is 6.69.